The summed E-state index contributed by atoms with van der Waals surface area (Å²) in [7, 11) is 0. The minimum atomic E-state index is -4.36. The molecular formula is C12H8BrF3N2O. The normalized spacial score (nSPS) is 11.4. The molecule has 0 atom stereocenters. The molecule has 3 nitrogen and oxygen atoms in total. The van der Waals surface area contributed by atoms with Crippen molar-refractivity contribution in [1.29, 1.82) is 0 Å². The zero-order valence-electron chi connectivity index (χ0n) is 9.41. The maximum Gasteiger partial charge on any atom is 0.416 e. The maximum absolute atomic E-state index is 12.4. The summed E-state index contributed by atoms with van der Waals surface area (Å²) < 4.78 is 43.0. The number of nitrogens with two attached hydrogens (primary N) is 1. The van der Waals surface area contributed by atoms with Gasteiger partial charge in [0.15, 0.2) is 0 Å². The van der Waals surface area contributed by atoms with Crippen molar-refractivity contribution in [2.75, 3.05) is 5.73 Å². The second kappa shape index (κ2) is 5.08. The monoisotopic (exact) mass is 332 g/mol. The van der Waals surface area contributed by atoms with Gasteiger partial charge in [-0.1, -0.05) is 0 Å². The van der Waals surface area contributed by atoms with Gasteiger partial charge >= 0.3 is 6.18 Å². The van der Waals surface area contributed by atoms with E-state index in [1.807, 2.05) is 0 Å². The molecule has 0 fully saturated rings. The van der Waals surface area contributed by atoms with Crippen molar-refractivity contribution < 1.29 is 17.9 Å². The minimum Gasteiger partial charge on any atom is -0.438 e. The minimum absolute atomic E-state index is 0.231. The Hall–Kier alpha value is -1.76. The van der Waals surface area contributed by atoms with Crippen molar-refractivity contribution in [2.24, 2.45) is 0 Å². The Bertz CT molecular complexity index is 585. The SMILES string of the molecule is Nc1cnc(Oc2ccc(C(F)(F)F)cc2)c(Br)c1. The predicted octanol–water partition coefficient (Wildman–Crippen LogP) is 4.24. The molecule has 0 unspecified atom stereocenters. The van der Waals surface area contributed by atoms with Crippen molar-refractivity contribution in [1.82, 2.24) is 4.98 Å². The number of ether oxygens (including phenoxy) is 1. The van der Waals surface area contributed by atoms with Gasteiger partial charge in [0.2, 0.25) is 5.88 Å². The summed E-state index contributed by atoms with van der Waals surface area (Å²) in [5, 5.41) is 0. The molecule has 2 N–H and O–H groups in total. The average molecular weight is 333 g/mol. The van der Waals surface area contributed by atoms with Gasteiger partial charge in [-0.3, -0.25) is 0 Å². The highest BCUT2D eigenvalue weighted by Crippen LogP contribution is 2.32. The lowest BCUT2D eigenvalue weighted by molar-refractivity contribution is -0.137. The third-order valence-electron chi connectivity index (χ3n) is 2.22. The summed E-state index contributed by atoms with van der Waals surface area (Å²) in [5.74, 6) is 0.486. The van der Waals surface area contributed by atoms with E-state index >= 15 is 0 Å². The highest BCUT2D eigenvalue weighted by Gasteiger charge is 2.30. The lowest BCUT2D eigenvalue weighted by atomic mass is 10.2. The number of nitrogen functional groups attached to an aromatic ring is 1. The summed E-state index contributed by atoms with van der Waals surface area (Å²) in [5.41, 5.74) is 5.23. The molecule has 1 aromatic heterocycles. The third-order valence-corrected chi connectivity index (χ3v) is 2.79. The largest absolute Gasteiger partial charge is 0.438 e. The predicted molar refractivity (Wildman–Crippen MR) is 67.9 cm³/mol. The van der Waals surface area contributed by atoms with Crippen LogP contribution in [0.5, 0.6) is 11.6 Å². The number of rotatable bonds is 2. The standard InChI is InChI=1S/C12H8BrF3N2O/c13-10-5-8(17)6-18-11(10)19-9-3-1-7(2-4-9)12(14,15)16/h1-6H,17H2. The van der Waals surface area contributed by atoms with Gasteiger partial charge in [-0.25, -0.2) is 4.98 Å². The maximum atomic E-state index is 12.4. The number of halogens is 4. The zero-order chi connectivity index (χ0) is 14.0. The van der Waals surface area contributed by atoms with Crippen LogP contribution in [0.25, 0.3) is 0 Å². The molecule has 0 bridgehead atoms. The highest BCUT2D eigenvalue weighted by molar-refractivity contribution is 9.10. The topological polar surface area (TPSA) is 48.1 Å². The van der Waals surface area contributed by atoms with Gasteiger partial charge in [-0.2, -0.15) is 13.2 Å². The van der Waals surface area contributed by atoms with Gasteiger partial charge in [0.1, 0.15) is 5.75 Å². The van der Waals surface area contributed by atoms with Crippen LogP contribution in [0.3, 0.4) is 0 Å². The van der Waals surface area contributed by atoms with Crippen LogP contribution < -0.4 is 10.5 Å². The average Bonchev–Trinajstić information content (AvgIpc) is 2.32. The highest BCUT2D eigenvalue weighted by atomic mass is 79.9. The van der Waals surface area contributed by atoms with Gasteiger partial charge in [-0.15, -0.1) is 0 Å². The molecule has 1 aromatic carbocycles. The van der Waals surface area contributed by atoms with Crippen molar-refractivity contribution in [3.63, 3.8) is 0 Å². The van der Waals surface area contributed by atoms with E-state index < -0.39 is 11.7 Å². The number of aromatic nitrogens is 1. The first-order valence-corrected chi connectivity index (χ1v) is 5.92. The lowest BCUT2D eigenvalue weighted by Gasteiger charge is -2.09. The quantitative estimate of drug-likeness (QED) is 0.894. The molecule has 2 rings (SSSR count). The summed E-state index contributed by atoms with van der Waals surface area (Å²) in [4.78, 5) is 3.93. The Balaban J connectivity index is 2.20. The van der Waals surface area contributed by atoms with E-state index in [1.54, 1.807) is 6.07 Å². The first-order chi connectivity index (χ1) is 8.86. The summed E-state index contributed by atoms with van der Waals surface area (Å²) in [6.45, 7) is 0. The van der Waals surface area contributed by atoms with Crippen molar-refractivity contribution >= 4 is 21.6 Å². The molecule has 100 valence electrons. The molecule has 19 heavy (non-hydrogen) atoms. The molecule has 2 aromatic rings. The Morgan fingerprint density at radius 3 is 2.32 bits per heavy atom. The van der Waals surface area contributed by atoms with Crippen LogP contribution in [-0.2, 0) is 6.18 Å². The first-order valence-electron chi connectivity index (χ1n) is 5.12. The van der Waals surface area contributed by atoms with Crippen molar-refractivity contribution in [2.45, 2.75) is 6.18 Å². The molecule has 7 heteroatoms. The molecule has 0 aliphatic rings. The van der Waals surface area contributed by atoms with E-state index in [2.05, 4.69) is 20.9 Å². The molecule has 0 spiro atoms. The van der Waals surface area contributed by atoms with Crippen LogP contribution in [0.1, 0.15) is 5.56 Å². The number of anilines is 1. The first kappa shape index (κ1) is 13.7. The fraction of sp³-hybridized carbons (Fsp3) is 0.0833. The van der Waals surface area contributed by atoms with Gasteiger partial charge in [0.25, 0.3) is 0 Å². The van der Waals surface area contributed by atoms with Gasteiger partial charge in [0, 0.05) is 0 Å². The summed E-state index contributed by atoms with van der Waals surface area (Å²) >= 11 is 3.20. The fourth-order valence-corrected chi connectivity index (χ4v) is 1.79. The van der Waals surface area contributed by atoms with Crippen molar-refractivity contribution in [3.05, 3.63) is 46.6 Å². The van der Waals surface area contributed by atoms with Crippen molar-refractivity contribution in [3.8, 4) is 11.6 Å². The molecule has 1 heterocycles. The number of alkyl halides is 3. The van der Waals surface area contributed by atoms with Crippen LogP contribution in [0.15, 0.2) is 41.0 Å². The second-order valence-electron chi connectivity index (χ2n) is 3.68. The smallest absolute Gasteiger partial charge is 0.416 e. The Labute approximate surface area is 115 Å². The van der Waals surface area contributed by atoms with Crippen LogP contribution in [0.2, 0.25) is 0 Å². The Morgan fingerprint density at radius 1 is 1.16 bits per heavy atom. The summed E-state index contributed by atoms with van der Waals surface area (Å²) in [6.07, 6.45) is -2.97. The molecule has 0 saturated carbocycles. The van der Waals surface area contributed by atoms with E-state index in [1.165, 1.54) is 18.3 Å². The molecule has 0 saturated heterocycles. The number of hydrogen-bond donors (Lipinski definition) is 1. The Kier molecular flexibility index (Phi) is 3.66. The third kappa shape index (κ3) is 3.37. The number of nitrogens with zero attached hydrogens (tertiary/aromatic N) is 1. The second-order valence-corrected chi connectivity index (χ2v) is 4.53. The molecular weight excluding hydrogens is 325 g/mol. The van der Waals surface area contributed by atoms with Gasteiger partial charge in [-0.05, 0) is 46.3 Å². The van der Waals surface area contributed by atoms with E-state index in [0.29, 0.717) is 10.2 Å². The molecule has 0 aliphatic heterocycles. The number of pyridine rings is 1. The van der Waals surface area contributed by atoms with Gasteiger partial charge < -0.3 is 10.5 Å². The van der Waals surface area contributed by atoms with E-state index in [4.69, 9.17) is 10.5 Å². The molecule has 0 aliphatic carbocycles. The van der Waals surface area contributed by atoms with Crippen LogP contribution in [0.4, 0.5) is 18.9 Å². The van der Waals surface area contributed by atoms with Crippen LogP contribution >= 0.6 is 15.9 Å². The van der Waals surface area contributed by atoms with Crippen LogP contribution in [-0.4, -0.2) is 4.98 Å². The zero-order valence-corrected chi connectivity index (χ0v) is 11.0. The van der Waals surface area contributed by atoms with E-state index in [-0.39, 0.29) is 11.6 Å². The fourth-order valence-electron chi connectivity index (χ4n) is 1.34. The summed E-state index contributed by atoms with van der Waals surface area (Å²) in [6, 6.07) is 5.94. The number of hydrogen-bond acceptors (Lipinski definition) is 3. The van der Waals surface area contributed by atoms with E-state index in [0.717, 1.165) is 12.1 Å². The van der Waals surface area contributed by atoms with E-state index in [9.17, 15) is 13.2 Å². The molecule has 0 amide bonds. The lowest BCUT2D eigenvalue weighted by Crippen LogP contribution is -2.04. The van der Waals surface area contributed by atoms with Crippen LogP contribution in [0, 0.1) is 0 Å². The molecule has 0 radical (unpaired) electrons. The van der Waals surface area contributed by atoms with Gasteiger partial charge in [0.05, 0.1) is 21.9 Å². The Morgan fingerprint density at radius 2 is 1.79 bits per heavy atom. The number of benzene rings is 1.